The minimum absolute atomic E-state index is 0.422. The number of para-hydroxylation sites is 1. The third-order valence-corrected chi connectivity index (χ3v) is 3.22. The molecule has 4 heteroatoms. The van der Waals surface area contributed by atoms with E-state index in [1.54, 1.807) is 6.20 Å². The van der Waals surface area contributed by atoms with Crippen LogP contribution in [0.25, 0.3) is 10.9 Å². The number of hydrogen-bond donors (Lipinski definition) is 0. The Balaban J connectivity index is 2.05. The zero-order valence-electron chi connectivity index (χ0n) is 9.75. The van der Waals surface area contributed by atoms with Crippen LogP contribution in [0.15, 0.2) is 48.9 Å². The summed E-state index contributed by atoms with van der Waals surface area (Å²) >= 11 is 5.86. The zero-order valence-corrected chi connectivity index (χ0v) is 10.5. The molecule has 1 aromatic carbocycles. The van der Waals surface area contributed by atoms with Gasteiger partial charge in [0.05, 0.1) is 17.9 Å². The molecule has 0 unspecified atom stereocenters. The van der Waals surface area contributed by atoms with Gasteiger partial charge in [0, 0.05) is 24.0 Å². The molecule has 2 heterocycles. The van der Waals surface area contributed by atoms with Gasteiger partial charge in [0.25, 0.3) is 0 Å². The standard InChI is InChI=1S/C14H12ClN3/c15-9-13-16-7-8-18(13)10-12-4-1-3-11-5-2-6-17-14(11)12/h1-8H,9-10H2. The van der Waals surface area contributed by atoms with Gasteiger partial charge >= 0.3 is 0 Å². The second-order valence-electron chi connectivity index (χ2n) is 4.10. The average Bonchev–Trinajstić information content (AvgIpc) is 2.86. The Labute approximate surface area is 110 Å². The van der Waals surface area contributed by atoms with Crippen molar-refractivity contribution in [1.82, 2.24) is 14.5 Å². The van der Waals surface area contributed by atoms with E-state index in [9.17, 15) is 0 Å². The lowest BCUT2D eigenvalue weighted by Gasteiger charge is -2.08. The van der Waals surface area contributed by atoms with E-state index in [0.717, 1.165) is 23.3 Å². The van der Waals surface area contributed by atoms with Gasteiger partial charge in [-0.25, -0.2) is 4.98 Å². The first-order valence-corrected chi connectivity index (χ1v) is 6.30. The van der Waals surface area contributed by atoms with Crippen LogP contribution < -0.4 is 0 Å². The number of benzene rings is 1. The highest BCUT2D eigenvalue weighted by atomic mass is 35.5. The van der Waals surface area contributed by atoms with Crippen molar-refractivity contribution in [3.8, 4) is 0 Å². The molecule has 0 aliphatic rings. The number of aromatic nitrogens is 3. The predicted molar refractivity (Wildman–Crippen MR) is 72.6 cm³/mol. The van der Waals surface area contributed by atoms with E-state index < -0.39 is 0 Å². The molecule has 0 spiro atoms. The lowest BCUT2D eigenvalue weighted by molar-refractivity contribution is 0.758. The number of rotatable bonds is 3. The van der Waals surface area contributed by atoms with Crippen molar-refractivity contribution in [2.24, 2.45) is 0 Å². The molecule has 0 bridgehead atoms. The summed E-state index contributed by atoms with van der Waals surface area (Å²) in [5.41, 5.74) is 2.21. The highest BCUT2D eigenvalue weighted by molar-refractivity contribution is 6.16. The summed E-state index contributed by atoms with van der Waals surface area (Å²) in [6.07, 6.45) is 5.54. The van der Waals surface area contributed by atoms with Crippen molar-refractivity contribution < 1.29 is 0 Å². The summed E-state index contributed by atoms with van der Waals surface area (Å²) in [7, 11) is 0. The van der Waals surface area contributed by atoms with Crippen LogP contribution in [-0.4, -0.2) is 14.5 Å². The van der Waals surface area contributed by atoms with Crippen LogP contribution in [0.3, 0.4) is 0 Å². The molecule has 0 saturated heterocycles. The molecule has 0 atom stereocenters. The first kappa shape index (κ1) is 11.2. The Hall–Kier alpha value is -1.87. The number of hydrogen-bond acceptors (Lipinski definition) is 2. The van der Waals surface area contributed by atoms with E-state index >= 15 is 0 Å². The van der Waals surface area contributed by atoms with Crippen LogP contribution in [-0.2, 0) is 12.4 Å². The lowest BCUT2D eigenvalue weighted by atomic mass is 10.1. The van der Waals surface area contributed by atoms with Crippen molar-refractivity contribution in [3.63, 3.8) is 0 Å². The Morgan fingerprint density at radius 3 is 2.83 bits per heavy atom. The number of nitrogens with zero attached hydrogens (tertiary/aromatic N) is 3. The number of alkyl halides is 1. The summed E-state index contributed by atoms with van der Waals surface area (Å²) in [5, 5.41) is 1.16. The molecule has 3 aromatic rings. The van der Waals surface area contributed by atoms with Crippen LogP contribution in [0.1, 0.15) is 11.4 Å². The molecule has 0 aliphatic heterocycles. The van der Waals surface area contributed by atoms with E-state index in [2.05, 4.69) is 38.8 Å². The minimum Gasteiger partial charge on any atom is -0.329 e. The van der Waals surface area contributed by atoms with Crippen LogP contribution in [0.5, 0.6) is 0 Å². The summed E-state index contributed by atoms with van der Waals surface area (Å²) in [6.45, 7) is 0.746. The number of pyridine rings is 1. The normalized spacial score (nSPS) is 10.9. The van der Waals surface area contributed by atoms with E-state index in [4.69, 9.17) is 11.6 Å². The highest BCUT2D eigenvalue weighted by Crippen LogP contribution is 2.17. The fourth-order valence-electron chi connectivity index (χ4n) is 2.09. The van der Waals surface area contributed by atoms with Gasteiger partial charge in [-0.1, -0.05) is 24.3 Å². The van der Waals surface area contributed by atoms with Gasteiger partial charge in [0.2, 0.25) is 0 Å². The van der Waals surface area contributed by atoms with Crippen molar-refractivity contribution in [2.75, 3.05) is 0 Å². The van der Waals surface area contributed by atoms with E-state index in [1.807, 2.05) is 18.5 Å². The van der Waals surface area contributed by atoms with Crippen LogP contribution in [0, 0.1) is 0 Å². The van der Waals surface area contributed by atoms with Crippen LogP contribution in [0.4, 0.5) is 0 Å². The van der Waals surface area contributed by atoms with Crippen LogP contribution >= 0.6 is 11.6 Å². The SMILES string of the molecule is ClCc1nccn1Cc1cccc2cccnc12. The smallest absolute Gasteiger partial charge is 0.123 e. The van der Waals surface area contributed by atoms with Gasteiger partial charge in [0.1, 0.15) is 5.82 Å². The molecule has 3 rings (SSSR count). The van der Waals surface area contributed by atoms with Gasteiger partial charge in [-0.15, -0.1) is 11.6 Å². The van der Waals surface area contributed by atoms with Gasteiger partial charge in [-0.05, 0) is 11.6 Å². The fraction of sp³-hybridized carbons (Fsp3) is 0.143. The summed E-state index contributed by atoms with van der Waals surface area (Å²) in [6, 6.07) is 10.2. The molecular weight excluding hydrogens is 246 g/mol. The molecule has 0 saturated carbocycles. The van der Waals surface area contributed by atoms with Crippen molar-refractivity contribution >= 4 is 22.5 Å². The van der Waals surface area contributed by atoms with Gasteiger partial charge in [0.15, 0.2) is 0 Å². The minimum atomic E-state index is 0.422. The molecule has 0 amide bonds. The fourth-order valence-corrected chi connectivity index (χ4v) is 2.32. The van der Waals surface area contributed by atoms with Gasteiger partial charge in [-0.3, -0.25) is 4.98 Å². The largest absolute Gasteiger partial charge is 0.329 e. The Morgan fingerprint density at radius 2 is 1.94 bits per heavy atom. The first-order valence-electron chi connectivity index (χ1n) is 5.77. The Morgan fingerprint density at radius 1 is 1.06 bits per heavy atom. The lowest BCUT2D eigenvalue weighted by Crippen LogP contribution is -2.03. The van der Waals surface area contributed by atoms with E-state index in [1.165, 1.54) is 5.56 Å². The summed E-state index contributed by atoms with van der Waals surface area (Å²) < 4.78 is 2.05. The Bertz CT molecular complexity index is 670. The van der Waals surface area contributed by atoms with Crippen molar-refractivity contribution in [3.05, 3.63) is 60.3 Å². The van der Waals surface area contributed by atoms with E-state index in [0.29, 0.717) is 5.88 Å². The number of imidazole rings is 1. The third-order valence-electron chi connectivity index (χ3n) is 2.98. The van der Waals surface area contributed by atoms with Crippen LogP contribution in [0.2, 0.25) is 0 Å². The maximum absolute atomic E-state index is 5.86. The molecule has 3 nitrogen and oxygen atoms in total. The molecule has 90 valence electrons. The summed E-state index contributed by atoms with van der Waals surface area (Å²) in [4.78, 5) is 8.67. The maximum Gasteiger partial charge on any atom is 0.123 e. The Kier molecular flexibility index (Phi) is 2.99. The quantitative estimate of drug-likeness (QED) is 0.675. The summed E-state index contributed by atoms with van der Waals surface area (Å²) in [5.74, 6) is 1.30. The zero-order chi connectivity index (χ0) is 12.4. The van der Waals surface area contributed by atoms with Gasteiger partial charge < -0.3 is 4.57 Å². The van der Waals surface area contributed by atoms with Gasteiger partial charge in [-0.2, -0.15) is 0 Å². The molecule has 0 radical (unpaired) electrons. The van der Waals surface area contributed by atoms with Crippen molar-refractivity contribution in [2.45, 2.75) is 12.4 Å². The molecule has 0 N–H and O–H groups in total. The second-order valence-corrected chi connectivity index (χ2v) is 4.36. The number of halogens is 1. The topological polar surface area (TPSA) is 30.7 Å². The maximum atomic E-state index is 5.86. The molecule has 0 aliphatic carbocycles. The highest BCUT2D eigenvalue weighted by Gasteiger charge is 2.05. The second kappa shape index (κ2) is 4.78. The first-order chi connectivity index (χ1) is 8.88. The van der Waals surface area contributed by atoms with Crippen molar-refractivity contribution in [1.29, 1.82) is 0 Å². The monoisotopic (exact) mass is 257 g/mol. The average molecular weight is 258 g/mol. The molecule has 2 aromatic heterocycles. The third kappa shape index (κ3) is 1.97. The molecule has 18 heavy (non-hydrogen) atoms. The number of fused-ring (bicyclic) bond motifs is 1. The van der Waals surface area contributed by atoms with E-state index in [-0.39, 0.29) is 0 Å². The molecule has 0 fully saturated rings. The molecular formula is C14H12ClN3. The predicted octanol–water partition coefficient (Wildman–Crippen LogP) is 3.22.